The maximum absolute atomic E-state index is 13.6. The minimum absolute atomic E-state index is 0.0811. The molecule has 2 rings (SSSR count). The molecule has 0 aliphatic heterocycles. The van der Waals surface area contributed by atoms with Gasteiger partial charge in [-0.2, -0.15) is 0 Å². The van der Waals surface area contributed by atoms with Crippen molar-refractivity contribution < 1.29 is 24.2 Å². The van der Waals surface area contributed by atoms with Crippen molar-refractivity contribution in [3.05, 3.63) is 34.9 Å². The molecule has 0 radical (unpaired) electrons. The van der Waals surface area contributed by atoms with E-state index in [1.807, 2.05) is 32.0 Å². The van der Waals surface area contributed by atoms with Gasteiger partial charge in [0, 0.05) is 12.6 Å². The first-order chi connectivity index (χ1) is 16.0. The fourth-order valence-corrected chi connectivity index (χ4v) is 4.24. The number of nitrogens with zero attached hydrogens (tertiary/aromatic N) is 1. The van der Waals surface area contributed by atoms with Gasteiger partial charge in [0.05, 0.1) is 6.61 Å². The lowest BCUT2D eigenvalue weighted by molar-refractivity contribution is -0.143. The van der Waals surface area contributed by atoms with Crippen LogP contribution in [0.25, 0.3) is 0 Å². The minimum atomic E-state index is -1.23. The summed E-state index contributed by atoms with van der Waals surface area (Å²) in [4.78, 5) is 40.7. The number of aliphatic hydroxyl groups is 1. The number of aryl methyl sites for hydroxylation is 2. The van der Waals surface area contributed by atoms with Crippen LogP contribution in [0.15, 0.2) is 18.2 Å². The Kier molecular flexibility index (Phi) is 9.91. The van der Waals surface area contributed by atoms with Crippen LogP contribution in [0.4, 0.5) is 4.79 Å². The van der Waals surface area contributed by atoms with Crippen LogP contribution in [-0.2, 0) is 14.3 Å². The topological polar surface area (TPSA) is 108 Å². The van der Waals surface area contributed by atoms with E-state index in [9.17, 15) is 19.5 Å². The molecule has 2 unspecified atom stereocenters. The van der Waals surface area contributed by atoms with Gasteiger partial charge in [-0.15, -0.1) is 0 Å². The van der Waals surface area contributed by atoms with Gasteiger partial charge in [-0.1, -0.05) is 37.5 Å². The molecular weight excluding hydrogens is 434 g/mol. The second-order valence-electron chi connectivity index (χ2n) is 10.1. The van der Waals surface area contributed by atoms with E-state index in [1.165, 1.54) is 11.3 Å². The van der Waals surface area contributed by atoms with Crippen LogP contribution < -0.4 is 10.6 Å². The largest absolute Gasteiger partial charge is 0.444 e. The normalized spacial score (nSPS) is 16.3. The van der Waals surface area contributed by atoms with Crippen LogP contribution in [0, 0.1) is 13.8 Å². The molecule has 1 aromatic rings. The molecule has 0 spiro atoms. The Hall–Kier alpha value is -2.61. The number of hydrogen-bond acceptors (Lipinski definition) is 5. The summed E-state index contributed by atoms with van der Waals surface area (Å²) in [5, 5.41) is 15.5. The Bertz CT molecular complexity index is 858. The Labute approximate surface area is 203 Å². The van der Waals surface area contributed by atoms with Crippen molar-refractivity contribution in [1.29, 1.82) is 0 Å². The summed E-state index contributed by atoms with van der Waals surface area (Å²) in [6, 6.07) is 3.69. The van der Waals surface area contributed by atoms with Crippen molar-refractivity contribution in [2.75, 3.05) is 13.2 Å². The molecule has 8 nitrogen and oxygen atoms in total. The maximum atomic E-state index is 13.6. The summed E-state index contributed by atoms with van der Waals surface area (Å²) < 4.78 is 5.24. The average Bonchev–Trinajstić information content (AvgIpc) is 2.76. The molecule has 1 aliphatic rings. The van der Waals surface area contributed by atoms with Crippen molar-refractivity contribution >= 4 is 17.9 Å². The van der Waals surface area contributed by atoms with Gasteiger partial charge in [-0.05, 0) is 71.1 Å². The first kappa shape index (κ1) is 27.6. The molecule has 8 heteroatoms. The molecule has 0 bridgehead atoms. The Balaban J connectivity index is 2.34. The molecule has 2 atom stereocenters. The van der Waals surface area contributed by atoms with E-state index in [1.54, 1.807) is 27.7 Å². The van der Waals surface area contributed by atoms with Gasteiger partial charge in [0.15, 0.2) is 0 Å². The number of amides is 3. The van der Waals surface area contributed by atoms with Crippen molar-refractivity contribution in [2.45, 2.75) is 97.4 Å². The number of carbonyl (C=O) groups is 3. The number of hydrogen-bond donors (Lipinski definition) is 3. The molecule has 1 saturated carbocycles. The van der Waals surface area contributed by atoms with Crippen molar-refractivity contribution in [2.24, 2.45) is 0 Å². The highest BCUT2D eigenvalue weighted by atomic mass is 16.6. The predicted octanol–water partition coefficient (Wildman–Crippen LogP) is 3.53. The van der Waals surface area contributed by atoms with Gasteiger partial charge >= 0.3 is 6.09 Å². The zero-order chi connectivity index (χ0) is 25.5. The Morgan fingerprint density at radius 3 is 2.29 bits per heavy atom. The van der Waals surface area contributed by atoms with Gasteiger partial charge in [-0.3, -0.25) is 9.59 Å². The first-order valence-corrected chi connectivity index (χ1v) is 12.2. The summed E-state index contributed by atoms with van der Waals surface area (Å²) in [5.41, 5.74) is 2.05. The second-order valence-corrected chi connectivity index (χ2v) is 10.1. The fourth-order valence-electron chi connectivity index (χ4n) is 4.24. The lowest BCUT2D eigenvalue weighted by Gasteiger charge is -2.35. The molecule has 0 saturated heterocycles. The van der Waals surface area contributed by atoms with Crippen LogP contribution in [0.3, 0.4) is 0 Å². The van der Waals surface area contributed by atoms with Gasteiger partial charge in [0.1, 0.15) is 17.7 Å². The van der Waals surface area contributed by atoms with Crippen LogP contribution in [0.5, 0.6) is 0 Å². The SMILES string of the molecule is CCN(C(=O)C(CO)NC(=O)OC(C)(C)C)C(C(=O)NC1CCCCC1)c1ccc(C)c(C)c1. The summed E-state index contributed by atoms with van der Waals surface area (Å²) in [6.45, 7) is 10.5. The smallest absolute Gasteiger partial charge is 0.408 e. The van der Waals surface area contributed by atoms with E-state index in [4.69, 9.17) is 4.74 Å². The standard InChI is InChI=1S/C26H41N3O5/c1-7-29(24(32)21(16-30)28-25(33)34-26(4,5)6)22(19-14-13-17(2)18(3)15-19)23(31)27-20-11-9-8-10-12-20/h13-15,20-22,30H,7-12,16H2,1-6H3,(H,27,31)(H,28,33). The van der Waals surface area contributed by atoms with E-state index in [-0.39, 0.29) is 18.5 Å². The lowest BCUT2D eigenvalue weighted by Crippen LogP contribution is -2.55. The third-order valence-corrected chi connectivity index (χ3v) is 6.15. The number of alkyl carbamates (subject to hydrolysis) is 1. The second kappa shape index (κ2) is 12.2. The maximum Gasteiger partial charge on any atom is 0.408 e. The molecule has 3 amide bonds. The molecule has 1 aromatic carbocycles. The lowest BCUT2D eigenvalue weighted by atomic mass is 9.94. The van der Waals surface area contributed by atoms with Gasteiger partial charge < -0.3 is 25.4 Å². The van der Waals surface area contributed by atoms with Crippen LogP contribution >= 0.6 is 0 Å². The van der Waals surface area contributed by atoms with E-state index in [2.05, 4.69) is 10.6 Å². The fraction of sp³-hybridized carbons (Fsp3) is 0.654. The number of benzene rings is 1. The Morgan fingerprint density at radius 2 is 1.76 bits per heavy atom. The molecule has 190 valence electrons. The van der Waals surface area contributed by atoms with Gasteiger partial charge in [-0.25, -0.2) is 4.79 Å². The zero-order valence-corrected chi connectivity index (χ0v) is 21.4. The number of nitrogens with one attached hydrogen (secondary N) is 2. The zero-order valence-electron chi connectivity index (χ0n) is 21.4. The number of ether oxygens (including phenoxy) is 1. The van der Waals surface area contributed by atoms with Crippen LogP contribution in [-0.4, -0.2) is 58.8 Å². The van der Waals surface area contributed by atoms with E-state index < -0.39 is 36.3 Å². The summed E-state index contributed by atoms with van der Waals surface area (Å²) in [5.74, 6) is -0.794. The summed E-state index contributed by atoms with van der Waals surface area (Å²) >= 11 is 0. The van der Waals surface area contributed by atoms with Crippen molar-refractivity contribution in [1.82, 2.24) is 15.5 Å². The monoisotopic (exact) mass is 475 g/mol. The molecule has 34 heavy (non-hydrogen) atoms. The summed E-state index contributed by atoms with van der Waals surface area (Å²) in [6.07, 6.45) is 4.35. The highest BCUT2D eigenvalue weighted by Crippen LogP contribution is 2.26. The minimum Gasteiger partial charge on any atom is -0.444 e. The highest BCUT2D eigenvalue weighted by Gasteiger charge is 2.36. The third kappa shape index (κ3) is 7.72. The average molecular weight is 476 g/mol. The predicted molar refractivity (Wildman–Crippen MR) is 131 cm³/mol. The highest BCUT2D eigenvalue weighted by molar-refractivity contribution is 5.92. The van der Waals surface area contributed by atoms with Crippen LogP contribution in [0.2, 0.25) is 0 Å². The molecular formula is C26H41N3O5. The Morgan fingerprint density at radius 1 is 1.12 bits per heavy atom. The number of rotatable bonds is 8. The number of aliphatic hydroxyl groups excluding tert-OH is 1. The van der Waals surface area contributed by atoms with Gasteiger partial charge in [0.25, 0.3) is 0 Å². The number of carbonyl (C=O) groups excluding carboxylic acids is 3. The van der Waals surface area contributed by atoms with Crippen molar-refractivity contribution in [3.63, 3.8) is 0 Å². The number of likely N-dealkylation sites (N-methyl/N-ethyl adjacent to an activating group) is 1. The molecule has 1 aliphatic carbocycles. The van der Waals surface area contributed by atoms with E-state index in [0.717, 1.165) is 36.8 Å². The van der Waals surface area contributed by atoms with Crippen LogP contribution in [0.1, 0.15) is 82.5 Å². The third-order valence-electron chi connectivity index (χ3n) is 6.15. The summed E-state index contributed by atoms with van der Waals surface area (Å²) in [7, 11) is 0. The molecule has 0 aromatic heterocycles. The molecule has 3 N–H and O–H groups in total. The molecule has 1 fully saturated rings. The quantitative estimate of drug-likeness (QED) is 0.533. The van der Waals surface area contributed by atoms with Crippen molar-refractivity contribution in [3.8, 4) is 0 Å². The first-order valence-electron chi connectivity index (χ1n) is 12.2. The van der Waals surface area contributed by atoms with Gasteiger partial charge in [0.2, 0.25) is 11.8 Å². The van der Waals surface area contributed by atoms with E-state index in [0.29, 0.717) is 5.56 Å². The van der Waals surface area contributed by atoms with E-state index >= 15 is 0 Å². The molecule has 0 heterocycles.